The molecule has 1 saturated carbocycles. The Kier molecular flexibility index (Phi) is 8.11. The monoisotopic (exact) mass is 417 g/mol. The van der Waals surface area contributed by atoms with Gasteiger partial charge in [-0.25, -0.2) is 0 Å². The zero-order valence-electron chi connectivity index (χ0n) is 17.1. The number of amides is 1. The summed E-state index contributed by atoms with van der Waals surface area (Å²) in [6, 6.07) is 0.111. The van der Waals surface area contributed by atoms with Crippen molar-refractivity contribution in [2.75, 3.05) is 53.0 Å². The zero-order valence-corrected chi connectivity index (χ0v) is 17.9. The van der Waals surface area contributed by atoms with Crippen LogP contribution in [-0.4, -0.2) is 93.0 Å². The fourth-order valence-corrected chi connectivity index (χ4v) is 5.87. The van der Waals surface area contributed by atoms with Crippen LogP contribution in [0, 0.1) is 0 Å². The van der Waals surface area contributed by atoms with E-state index in [1.807, 2.05) is 0 Å². The Morgan fingerprint density at radius 2 is 1.79 bits per heavy atom. The van der Waals surface area contributed by atoms with Crippen molar-refractivity contribution in [1.82, 2.24) is 13.5 Å². The summed E-state index contributed by atoms with van der Waals surface area (Å²) in [5.74, 6) is 0.0324. The van der Waals surface area contributed by atoms with Gasteiger partial charge in [0, 0.05) is 45.9 Å². The van der Waals surface area contributed by atoms with E-state index in [9.17, 15) is 13.2 Å². The molecule has 162 valence electrons. The van der Waals surface area contributed by atoms with Gasteiger partial charge >= 0.3 is 0 Å². The van der Waals surface area contributed by atoms with Crippen LogP contribution in [0.25, 0.3) is 0 Å². The second kappa shape index (κ2) is 10.3. The maximum Gasteiger partial charge on any atom is 0.282 e. The number of ether oxygens (including phenoxy) is 2. The van der Waals surface area contributed by atoms with Gasteiger partial charge in [0.25, 0.3) is 10.2 Å². The normalized spacial score (nSPS) is 25.5. The number of hydrogen-bond acceptors (Lipinski definition) is 5. The SMILES string of the molecule is CN(C1CCCCC1)S(=O)(=O)N1CCN(C(=O)CCOCC2CCCO2)CC1. The molecule has 8 nitrogen and oxygen atoms in total. The molecule has 9 heteroatoms. The Morgan fingerprint density at radius 3 is 2.43 bits per heavy atom. The van der Waals surface area contributed by atoms with E-state index in [1.165, 1.54) is 10.7 Å². The predicted molar refractivity (Wildman–Crippen MR) is 106 cm³/mol. The van der Waals surface area contributed by atoms with E-state index in [0.717, 1.165) is 45.1 Å². The average molecular weight is 418 g/mol. The Hall–Kier alpha value is -0.740. The van der Waals surface area contributed by atoms with Gasteiger partial charge < -0.3 is 14.4 Å². The third kappa shape index (κ3) is 5.66. The molecule has 3 rings (SSSR count). The van der Waals surface area contributed by atoms with Crippen LogP contribution in [0.3, 0.4) is 0 Å². The van der Waals surface area contributed by atoms with Gasteiger partial charge in [0.2, 0.25) is 5.91 Å². The molecule has 2 heterocycles. The summed E-state index contributed by atoms with van der Waals surface area (Å²) in [5, 5.41) is 0. The molecule has 1 atom stereocenters. The van der Waals surface area contributed by atoms with Gasteiger partial charge in [-0.15, -0.1) is 0 Å². The van der Waals surface area contributed by atoms with E-state index in [2.05, 4.69) is 0 Å². The van der Waals surface area contributed by atoms with Gasteiger partial charge in [-0.05, 0) is 25.7 Å². The Labute approximate surface area is 169 Å². The highest BCUT2D eigenvalue weighted by atomic mass is 32.2. The van der Waals surface area contributed by atoms with Gasteiger partial charge in [-0.3, -0.25) is 4.79 Å². The molecule has 0 aromatic rings. The van der Waals surface area contributed by atoms with Crippen molar-refractivity contribution in [1.29, 1.82) is 0 Å². The zero-order chi connectivity index (χ0) is 20.0. The van der Waals surface area contributed by atoms with Crippen LogP contribution in [0.4, 0.5) is 0 Å². The summed E-state index contributed by atoms with van der Waals surface area (Å²) >= 11 is 0. The summed E-state index contributed by atoms with van der Waals surface area (Å²) in [7, 11) is -1.75. The van der Waals surface area contributed by atoms with Crippen molar-refractivity contribution in [2.45, 2.75) is 63.5 Å². The molecule has 3 fully saturated rings. The molecule has 0 N–H and O–H groups in total. The lowest BCUT2D eigenvalue weighted by Gasteiger charge is -2.38. The first-order chi connectivity index (χ1) is 13.5. The van der Waals surface area contributed by atoms with Gasteiger partial charge in [-0.1, -0.05) is 19.3 Å². The average Bonchev–Trinajstić information content (AvgIpc) is 3.25. The number of carbonyl (C=O) groups is 1. The summed E-state index contributed by atoms with van der Waals surface area (Å²) < 4.78 is 40.0. The van der Waals surface area contributed by atoms with Gasteiger partial charge in [0.05, 0.1) is 25.7 Å². The van der Waals surface area contributed by atoms with Crippen LogP contribution in [-0.2, 0) is 24.5 Å². The number of nitrogens with zero attached hydrogens (tertiary/aromatic N) is 3. The first-order valence-electron chi connectivity index (χ1n) is 10.7. The summed E-state index contributed by atoms with van der Waals surface area (Å²) in [5.41, 5.74) is 0. The second-order valence-corrected chi connectivity index (χ2v) is 10.0. The first-order valence-corrected chi connectivity index (χ1v) is 12.1. The van der Waals surface area contributed by atoms with E-state index in [1.54, 1.807) is 16.3 Å². The largest absolute Gasteiger partial charge is 0.378 e. The minimum absolute atomic E-state index is 0.0324. The molecule has 0 aromatic carbocycles. The topological polar surface area (TPSA) is 79.4 Å². The Balaban J connectivity index is 1.38. The summed E-state index contributed by atoms with van der Waals surface area (Å²) in [4.78, 5) is 14.1. The lowest BCUT2D eigenvalue weighted by atomic mass is 9.96. The smallest absolute Gasteiger partial charge is 0.282 e. The molecule has 0 spiro atoms. The van der Waals surface area contributed by atoms with Gasteiger partial charge in [0.1, 0.15) is 0 Å². The van der Waals surface area contributed by atoms with Gasteiger partial charge in [-0.2, -0.15) is 17.0 Å². The molecule has 0 radical (unpaired) electrons. The summed E-state index contributed by atoms with van der Waals surface area (Å²) in [6.45, 7) is 3.36. The quantitative estimate of drug-likeness (QED) is 0.555. The second-order valence-electron chi connectivity index (χ2n) is 8.06. The molecule has 0 bridgehead atoms. The van der Waals surface area contributed by atoms with Crippen molar-refractivity contribution >= 4 is 16.1 Å². The number of rotatable bonds is 8. The Bertz CT molecular complexity index is 595. The van der Waals surface area contributed by atoms with Crippen molar-refractivity contribution in [3.05, 3.63) is 0 Å². The van der Waals surface area contributed by atoms with Crippen LogP contribution in [0.15, 0.2) is 0 Å². The van der Waals surface area contributed by atoms with Crippen LogP contribution in [0.1, 0.15) is 51.4 Å². The third-order valence-electron chi connectivity index (χ3n) is 6.16. The minimum atomic E-state index is -3.45. The molecule has 0 aromatic heterocycles. The fourth-order valence-electron chi connectivity index (χ4n) is 4.29. The number of piperazine rings is 1. The van der Waals surface area contributed by atoms with Crippen LogP contribution in [0.2, 0.25) is 0 Å². The number of carbonyl (C=O) groups excluding carboxylic acids is 1. The van der Waals surface area contributed by atoms with E-state index < -0.39 is 10.2 Å². The molecule has 2 aliphatic heterocycles. The van der Waals surface area contributed by atoms with Crippen molar-refractivity contribution in [3.8, 4) is 0 Å². The maximum absolute atomic E-state index is 12.9. The molecular weight excluding hydrogens is 382 g/mol. The van der Waals surface area contributed by atoms with E-state index >= 15 is 0 Å². The standard InChI is InChI=1S/C19H35N3O5S/c1-20(17-6-3-2-4-7-17)28(24,25)22-12-10-21(11-13-22)19(23)9-15-26-16-18-8-5-14-27-18/h17-18H,2-16H2,1H3. The summed E-state index contributed by atoms with van der Waals surface area (Å²) in [6.07, 6.45) is 7.90. The minimum Gasteiger partial charge on any atom is -0.378 e. The lowest BCUT2D eigenvalue weighted by Crippen LogP contribution is -2.55. The first kappa shape index (κ1) is 22.0. The highest BCUT2D eigenvalue weighted by Crippen LogP contribution is 2.25. The molecular formula is C19H35N3O5S. The van der Waals surface area contributed by atoms with Crippen molar-refractivity contribution in [3.63, 3.8) is 0 Å². The molecule has 28 heavy (non-hydrogen) atoms. The van der Waals surface area contributed by atoms with Crippen LogP contribution < -0.4 is 0 Å². The molecule has 3 aliphatic rings. The highest BCUT2D eigenvalue weighted by Gasteiger charge is 2.35. The highest BCUT2D eigenvalue weighted by molar-refractivity contribution is 7.86. The van der Waals surface area contributed by atoms with Crippen molar-refractivity contribution < 1.29 is 22.7 Å². The fraction of sp³-hybridized carbons (Fsp3) is 0.947. The molecule has 1 aliphatic carbocycles. The number of hydrogen-bond donors (Lipinski definition) is 0. The van der Waals surface area contributed by atoms with E-state index in [0.29, 0.717) is 45.8 Å². The lowest BCUT2D eigenvalue weighted by molar-refractivity contribution is -0.133. The third-order valence-corrected chi connectivity index (χ3v) is 8.20. The maximum atomic E-state index is 12.9. The van der Waals surface area contributed by atoms with Crippen molar-refractivity contribution in [2.24, 2.45) is 0 Å². The molecule has 1 amide bonds. The molecule has 1 unspecified atom stereocenters. The predicted octanol–water partition coefficient (Wildman–Crippen LogP) is 1.23. The molecule has 2 saturated heterocycles. The van der Waals surface area contributed by atoms with E-state index in [-0.39, 0.29) is 18.1 Å². The van der Waals surface area contributed by atoms with Gasteiger partial charge in [0.15, 0.2) is 0 Å². The Morgan fingerprint density at radius 1 is 1.07 bits per heavy atom. The van der Waals surface area contributed by atoms with E-state index in [4.69, 9.17) is 9.47 Å². The van der Waals surface area contributed by atoms with Crippen LogP contribution in [0.5, 0.6) is 0 Å². The van der Waals surface area contributed by atoms with Crippen LogP contribution >= 0.6 is 0 Å².